The molecule has 0 radical (unpaired) electrons. The van der Waals surface area contributed by atoms with E-state index < -0.39 is 0 Å². The third-order valence-corrected chi connectivity index (χ3v) is 8.55. The molecule has 0 bridgehead atoms. The van der Waals surface area contributed by atoms with Gasteiger partial charge in [-0.25, -0.2) is 9.50 Å². The number of aryl methyl sites for hydroxylation is 1. The van der Waals surface area contributed by atoms with Gasteiger partial charge in [-0.15, -0.1) is 0 Å². The van der Waals surface area contributed by atoms with Crippen LogP contribution in [0.1, 0.15) is 61.6 Å². The number of carbonyl (C=O) groups excluding carboxylic acids is 1. The van der Waals surface area contributed by atoms with Crippen LogP contribution in [0, 0.1) is 6.92 Å². The summed E-state index contributed by atoms with van der Waals surface area (Å²) in [6, 6.07) is 9.38. The number of piperidine rings is 1. The molecule has 1 amide bonds. The molecule has 2 fully saturated rings. The SMILES string of the molecule is Cc1cc(-c2[nH]c3ccc(C4CCN(CC(=O)N(C)C5CCOC5)CC4)cc3c2C(C)C)cn2ncnc12. The number of hydrogen-bond donors (Lipinski definition) is 1. The van der Waals surface area contributed by atoms with Crippen LogP contribution in [0.4, 0.5) is 0 Å². The van der Waals surface area contributed by atoms with Crippen LogP contribution in [0.5, 0.6) is 0 Å². The third-order valence-electron chi connectivity index (χ3n) is 8.55. The van der Waals surface area contributed by atoms with Crippen molar-refractivity contribution in [3.05, 3.63) is 53.5 Å². The monoisotopic (exact) mass is 514 g/mol. The molecule has 38 heavy (non-hydrogen) atoms. The summed E-state index contributed by atoms with van der Waals surface area (Å²) in [5.74, 6) is 1.09. The van der Waals surface area contributed by atoms with Crippen molar-refractivity contribution in [2.24, 2.45) is 0 Å². The predicted octanol–water partition coefficient (Wildman–Crippen LogP) is 4.74. The minimum absolute atomic E-state index is 0.209. The predicted molar refractivity (Wildman–Crippen MR) is 150 cm³/mol. The van der Waals surface area contributed by atoms with Gasteiger partial charge < -0.3 is 14.6 Å². The van der Waals surface area contributed by atoms with Gasteiger partial charge in [0.1, 0.15) is 6.33 Å². The maximum absolute atomic E-state index is 12.8. The summed E-state index contributed by atoms with van der Waals surface area (Å²) in [4.78, 5) is 25.1. The number of nitrogens with zero attached hydrogens (tertiary/aromatic N) is 5. The summed E-state index contributed by atoms with van der Waals surface area (Å²) < 4.78 is 7.33. The molecule has 4 aromatic rings. The highest BCUT2D eigenvalue weighted by Crippen LogP contribution is 2.38. The average molecular weight is 515 g/mol. The third kappa shape index (κ3) is 4.60. The highest BCUT2D eigenvalue weighted by molar-refractivity contribution is 5.92. The Labute approximate surface area is 224 Å². The summed E-state index contributed by atoms with van der Waals surface area (Å²) in [6.07, 6.45) is 6.77. The second-order valence-electron chi connectivity index (χ2n) is 11.4. The summed E-state index contributed by atoms with van der Waals surface area (Å²) >= 11 is 0. The first-order chi connectivity index (χ1) is 18.4. The van der Waals surface area contributed by atoms with Crippen LogP contribution in [0.25, 0.3) is 27.8 Å². The minimum atomic E-state index is 0.209. The molecule has 5 heterocycles. The number of fused-ring (bicyclic) bond motifs is 2. The number of H-pyrrole nitrogens is 1. The zero-order chi connectivity index (χ0) is 26.4. The van der Waals surface area contributed by atoms with Crippen molar-refractivity contribution in [2.45, 2.75) is 57.9 Å². The Morgan fingerprint density at radius 2 is 2.03 bits per heavy atom. The number of amides is 1. The Morgan fingerprint density at radius 3 is 2.76 bits per heavy atom. The van der Waals surface area contributed by atoms with Gasteiger partial charge in [-0.1, -0.05) is 19.9 Å². The smallest absolute Gasteiger partial charge is 0.236 e. The zero-order valence-electron chi connectivity index (χ0n) is 22.9. The molecule has 6 rings (SSSR count). The number of aromatic nitrogens is 4. The fourth-order valence-electron chi connectivity index (χ4n) is 6.30. The number of benzene rings is 1. The fraction of sp³-hybridized carbons (Fsp3) is 0.500. The number of nitrogens with one attached hydrogen (secondary N) is 1. The van der Waals surface area contributed by atoms with Gasteiger partial charge in [-0.3, -0.25) is 9.69 Å². The van der Waals surface area contributed by atoms with Gasteiger partial charge in [0.15, 0.2) is 5.65 Å². The Hall–Kier alpha value is -3.23. The van der Waals surface area contributed by atoms with Crippen LogP contribution < -0.4 is 0 Å². The van der Waals surface area contributed by atoms with Crippen molar-refractivity contribution >= 4 is 22.5 Å². The largest absolute Gasteiger partial charge is 0.379 e. The van der Waals surface area contributed by atoms with E-state index in [4.69, 9.17) is 4.74 Å². The van der Waals surface area contributed by atoms with Crippen LogP contribution in [-0.2, 0) is 9.53 Å². The number of ether oxygens (including phenoxy) is 1. The maximum atomic E-state index is 12.8. The standard InChI is InChI=1S/C30H38N6O2/c1-19(2)28-25-14-22(21-7-10-35(11-8-21)16-27(37)34(4)24-9-12-38-17-24)5-6-26(25)33-29(28)23-13-20(3)30-31-18-32-36(30)15-23/h5-6,13-15,18-19,21,24,33H,7-12,16-17H2,1-4H3. The molecule has 1 aromatic carbocycles. The zero-order valence-corrected chi connectivity index (χ0v) is 22.9. The maximum Gasteiger partial charge on any atom is 0.236 e. The number of likely N-dealkylation sites (tertiary alicyclic amines) is 1. The Kier molecular flexibility index (Phi) is 6.70. The summed E-state index contributed by atoms with van der Waals surface area (Å²) in [5, 5.41) is 5.69. The summed E-state index contributed by atoms with van der Waals surface area (Å²) in [5.41, 5.74) is 8.23. The Balaban J connectivity index is 1.21. The average Bonchev–Trinajstić information content (AvgIpc) is 3.68. The van der Waals surface area contributed by atoms with Crippen molar-refractivity contribution in [1.29, 1.82) is 0 Å². The van der Waals surface area contributed by atoms with E-state index in [9.17, 15) is 4.79 Å². The topological polar surface area (TPSA) is 78.8 Å². The van der Waals surface area contributed by atoms with Crippen LogP contribution in [0.2, 0.25) is 0 Å². The number of pyridine rings is 1. The van der Waals surface area contributed by atoms with E-state index in [-0.39, 0.29) is 11.9 Å². The van der Waals surface area contributed by atoms with Crippen LogP contribution in [0.3, 0.4) is 0 Å². The molecule has 2 aliphatic rings. The molecule has 0 spiro atoms. The normalized spacial score (nSPS) is 19.2. The molecule has 200 valence electrons. The molecular formula is C30H38N6O2. The van der Waals surface area contributed by atoms with E-state index in [2.05, 4.69) is 71.2 Å². The van der Waals surface area contributed by atoms with Crippen LogP contribution in [-0.4, -0.2) is 81.2 Å². The van der Waals surface area contributed by atoms with Crippen molar-refractivity contribution in [2.75, 3.05) is 39.9 Å². The minimum Gasteiger partial charge on any atom is -0.379 e. The lowest BCUT2D eigenvalue weighted by Gasteiger charge is -2.33. The summed E-state index contributed by atoms with van der Waals surface area (Å²) in [7, 11) is 1.92. The van der Waals surface area contributed by atoms with Crippen LogP contribution >= 0.6 is 0 Å². The van der Waals surface area contributed by atoms with E-state index in [1.165, 1.54) is 22.0 Å². The highest BCUT2D eigenvalue weighted by Gasteiger charge is 2.28. The lowest BCUT2D eigenvalue weighted by atomic mass is 9.87. The molecule has 1 unspecified atom stereocenters. The number of rotatable bonds is 6. The molecule has 1 N–H and O–H groups in total. The van der Waals surface area contributed by atoms with Gasteiger partial charge in [0.05, 0.1) is 24.9 Å². The van der Waals surface area contributed by atoms with Crippen molar-refractivity contribution < 1.29 is 9.53 Å². The Bertz CT molecular complexity index is 1460. The number of likely N-dealkylation sites (N-methyl/N-ethyl adjacent to an activating group) is 1. The van der Waals surface area contributed by atoms with Crippen LogP contribution in [0.15, 0.2) is 36.8 Å². The van der Waals surface area contributed by atoms with Gasteiger partial charge in [-0.2, -0.15) is 5.10 Å². The summed E-state index contributed by atoms with van der Waals surface area (Å²) in [6.45, 7) is 10.5. The molecule has 2 saturated heterocycles. The molecule has 8 nitrogen and oxygen atoms in total. The molecule has 8 heteroatoms. The quantitative estimate of drug-likeness (QED) is 0.402. The molecule has 1 atom stereocenters. The number of aromatic amines is 1. The first-order valence-electron chi connectivity index (χ1n) is 13.9. The molecule has 0 aliphatic carbocycles. The van der Waals surface area contributed by atoms with E-state index >= 15 is 0 Å². The lowest BCUT2D eigenvalue weighted by Crippen LogP contribution is -2.45. The number of hydrogen-bond acceptors (Lipinski definition) is 5. The van der Waals surface area contributed by atoms with E-state index in [1.807, 2.05) is 16.5 Å². The van der Waals surface area contributed by atoms with E-state index in [1.54, 1.807) is 6.33 Å². The first kappa shape index (κ1) is 25.1. The van der Waals surface area contributed by atoms with Crippen molar-refractivity contribution in [1.82, 2.24) is 29.4 Å². The molecule has 3 aromatic heterocycles. The van der Waals surface area contributed by atoms with E-state index in [0.29, 0.717) is 25.0 Å². The van der Waals surface area contributed by atoms with Gasteiger partial charge in [0.25, 0.3) is 0 Å². The lowest BCUT2D eigenvalue weighted by molar-refractivity contribution is -0.133. The second-order valence-corrected chi connectivity index (χ2v) is 11.4. The van der Waals surface area contributed by atoms with Gasteiger partial charge in [0, 0.05) is 36.3 Å². The van der Waals surface area contributed by atoms with Crippen molar-refractivity contribution in [3.63, 3.8) is 0 Å². The Morgan fingerprint density at radius 1 is 1.21 bits per heavy atom. The van der Waals surface area contributed by atoms with E-state index in [0.717, 1.165) is 61.4 Å². The second kappa shape index (κ2) is 10.2. The van der Waals surface area contributed by atoms with Gasteiger partial charge in [0.2, 0.25) is 5.91 Å². The highest BCUT2D eigenvalue weighted by atomic mass is 16.5. The van der Waals surface area contributed by atoms with Gasteiger partial charge >= 0.3 is 0 Å². The fourth-order valence-corrected chi connectivity index (χ4v) is 6.30. The molecule has 2 aliphatic heterocycles. The van der Waals surface area contributed by atoms with Gasteiger partial charge in [-0.05, 0) is 86.0 Å². The molecule has 0 saturated carbocycles. The first-order valence-corrected chi connectivity index (χ1v) is 13.9. The van der Waals surface area contributed by atoms with Crippen molar-refractivity contribution in [3.8, 4) is 11.3 Å². The molecular weight excluding hydrogens is 476 g/mol. The number of carbonyl (C=O) groups is 1.